The van der Waals surface area contributed by atoms with Gasteiger partial charge in [-0.1, -0.05) is 35.9 Å². The minimum atomic E-state index is -0.157. The van der Waals surface area contributed by atoms with Crippen LogP contribution in [0.3, 0.4) is 0 Å². The molecular formula is C29H38N4O2S. The van der Waals surface area contributed by atoms with Crippen LogP contribution in [-0.2, 0) is 4.79 Å². The highest BCUT2D eigenvalue weighted by molar-refractivity contribution is 7.10. The summed E-state index contributed by atoms with van der Waals surface area (Å²) in [5.74, 6) is 0.377. The number of piperidine rings is 2. The van der Waals surface area contributed by atoms with E-state index in [2.05, 4.69) is 29.3 Å². The van der Waals surface area contributed by atoms with Crippen molar-refractivity contribution in [1.29, 1.82) is 0 Å². The molecule has 3 heterocycles. The first-order valence-electron chi connectivity index (χ1n) is 13.2. The number of hydrogen-bond donors (Lipinski definition) is 1. The van der Waals surface area contributed by atoms with E-state index in [1.165, 1.54) is 24.8 Å². The lowest BCUT2D eigenvalue weighted by Crippen LogP contribution is -2.37. The van der Waals surface area contributed by atoms with E-state index in [9.17, 15) is 9.59 Å². The van der Waals surface area contributed by atoms with Crippen molar-refractivity contribution in [3.8, 4) is 0 Å². The summed E-state index contributed by atoms with van der Waals surface area (Å²) in [6, 6.07) is 8.05. The number of allylic oxidation sites excluding steroid dienone is 4. The fourth-order valence-corrected chi connectivity index (χ4v) is 5.91. The maximum Gasteiger partial charge on any atom is 0.275 e. The molecule has 2 amide bonds. The third kappa shape index (κ3) is 6.84. The summed E-state index contributed by atoms with van der Waals surface area (Å²) in [7, 11) is 0. The Morgan fingerprint density at radius 1 is 1.08 bits per heavy atom. The number of hydrogen-bond acceptors (Lipinski definition) is 5. The predicted octanol–water partition coefficient (Wildman–Crippen LogP) is 6.39. The molecule has 2 aliphatic heterocycles. The Balaban J connectivity index is 1.30. The topological polar surface area (TPSA) is 65.5 Å². The van der Waals surface area contributed by atoms with Crippen LogP contribution in [-0.4, -0.2) is 47.9 Å². The molecule has 0 aliphatic carbocycles. The van der Waals surface area contributed by atoms with E-state index in [0.29, 0.717) is 18.0 Å². The molecule has 0 saturated carbocycles. The number of anilines is 2. The predicted molar refractivity (Wildman–Crippen MR) is 149 cm³/mol. The van der Waals surface area contributed by atoms with Gasteiger partial charge in [0.25, 0.3) is 5.91 Å². The average molecular weight is 507 g/mol. The van der Waals surface area contributed by atoms with Gasteiger partial charge in [-0.15, -0.1) is 11.3 Å². The monoisotopic (exact) mass is 506 g/mol. The number of aromatic nitrogens is 1. The number of likely N-dealkylation sites (tertiary alicyclic amines) is 1. The Kier molecular flexibility index (Phi) is 9.34. The van der Waals surface area contributed by atoms with Gasteiger partial charge in [0.1, 0.15) is 5.69 Å². The summed E-state index contributed by atoms with van der Waals surface area (Å²) in [6.45, 7) is 7.63. The molecule has 1 aromatic carbocycles. The van der Waals surface area contributed by atoms with Crippen molar-refractivity contribution in [3.05, 3.63) is 64.1 Å². The number of para-hydroxylation sites is 2. The van der Waals surface area contributed by atoms with Gasteiger partial charge in [0.05, 0.1) is 16.4 Å². The van der Waals surface area contributed by atoms with Crippen LogP contribution >= 0.6 is 11.3 Å². The standard InChI is InChI=1S/C29H38N4O2S/c1-3-4-10-22(2)13-14-27(34)33-19-15-23(16-20-33)29-31-25(21-36-29)28(35)30-24-11-6-7-12-26(24)32-17-8-5-9-18-32/h3-4,6-7,10-12,21,23H,5,8-9,13-20H2,1-2H3,(H,30,35)/b4-3-,22-10+. The van der Waals surface area contributed by atoms with Crippen LogP contribution < -0.4 is 10.2 Å². The lowest BCUT2D eigenvalue weighted by atomic mass is 9.97. The highest BCUT2D eigenvalue weighted by atomic mass is 32.1. The van der Waals surface area contributed by atoms with Gasteiger partial charge in [-0.25, -0.2) is 4.98 Å². The van der Waals surface area contributed by atoms with Crippen molar-refractivity contribution < 1.29 is 9.59 Å². The number of benzene rings is 1. The maximum atomic E-state index is 13.0. The van der Waals surface area contributed by atoms with Crippen LogP contribution in [0.1, 0.15) is 80.2 Å². The minimum Gasteiger partial charge on any atom is -0.370 e. The van der Waals surface area contributed by atoms with Gasteiger partial charge in [0.15, 0.2) is 0 Å². The van der Waals surface area contributed by atoms with Crippen molar-refractivity contribution in [1.82, 2.24) is 9.88 Å². The molecule has 2 aromatic rings. The van der Waals surface area contributed by atoms with Gasteiger partial charge in [-0.2, -0.15) is 0 Å². The number of rotatable bonds is 8. The van der Waals surface area contributed by atoms with Crippen LogP contribution in [0.2, 0.25) is 0 Å². The highest BCUT2D eigenvalue weighted by Crippen LogP contribution is 2.32. The van der Waals surface area contributed by atoms with Gasteiger partial charge < -0.3 is 15.1 Å². The number of amides is 2. The van der Waals surface area contributed by atoms with Crippen LogP contribution in [0.4, 0.5) is 11.4 Å². The van der Waals surface area contributed by atoms with Crippen molar-refractivity contribution in [2.75, 3.05) is 36.4 Å². The number of carbonyl (C=O) groups excluding carboxylic acids is 2. The number of thiazole rings is 1. The quantitative estimate of drug-likeness (QED) is 0.421. The maximum absolute atomic E-state index is 13.0. The van der Waals surface area contributed by atoms with Gasteiger partial charge in [0.2, 0.25) is 5.91 Å². The Bertz CT molecular complexity index is 1090. The summed E-state index contributed by atoms with van der Waals surface area (Å²) in [6.07, 6.45) is 12.9. The van der Waals surface area contributed by atoms with Crippen molar-refractivity contribution >= 4 is 34.5 Å². The van der Waals surface area contributed by atoms with Gasteiger partial charge in [-0.3, -0.25) is 9.59 Å². The van der Waals surface area contributed by atoms with Crippen molar-refractivity contribution in [3.63, 3.8) is 0 Å². The molecule has 6 nitrogen and oxygen atoms in total. The number of nitrogens with one attached hydrogen (secondary N) is 1. The fraction of sp³-hybridized carbons (Fsp3) is 0.483. The zero-order chi connectivity index (χ0) is 25.3. The second-order valence-corrected chi connectivity index (χ2v) is 10.7. The van der Waals surface area contributed by atoms with E-state index in [1.54, 1.807) is 11.3 Å². The summed E-state index contributed by atoms with van der Waals surface area (Å²) >= 11 is 1.56. The molecule has 2 aliphatic rings. The normalized spacial score (nSPS) is 17.6. The highest BCUT2D eigenvalue weighted by Gasteiger charge is 2.26. The molecule has 36 heavy (non-hydrogen) atoms. The number of carbonyl (C=O) groups is 2. The summed E-state index contributed by atoms with van der Waals surface area (Å²) in [5, 5.41) is 5.97. The third-order valence-corrected chi connectivity index (χ3v) is 8.11. The summed E-state index contributed by atoms with van der Waals surface area (Å²) < 4.78 is 0. The molecule has 2 fully saturated rings. The van der Waals surface area contributed by atoms with Gasteiger partial charge in [0, 0.05) is 43.9 Å². The fourth-order valence-electron chi connectivity index (χ4n) is 4.94. The van der Waals surface area contributed by atoms with Crippen LogP contribution in [0.15, 0.2) is 53.4 Å². The third-order valence-electron chi connectivity index (χ3n) is 7.11. The van der Waals surface area contributed by atoms with E-state index in [4.69, 9.17) is 4.98 Å². The second kappa shape index (κ2) is 12.9. The minimum absolute atomic E-state index is 0.157. The molecule has 0 spiro atoms. The number of nitrogens with zero attached hydrogens (tertiary/aromatic N) is 3. The van der Waals surface area contributed by atoms with Crippen LogP contribution in [0, 0.1) is 0 Å². The first-order chi connectivity index (χ1) is 17.5. The van der Waals surface area contributed by atoms with Gasteiger partial charge >= 0.3 is 0 Å². The Labute approximate surface area is 219 Å². The molecular weight excluding hydrogens is 468 g/mol. The molecule has 4 rings (SSSR count). The largest absolute Gasteiger partial charge is 0.370 e. The first kappa shape index (κ1) is 26.1. The lowest BCUT2D eigenvalue weighted by molar-refractivity contribution is -0.132. The van der Waals surface area contributed by atoms with Crippen LogP contribution in [0.25, 0.3) is 0 Å². The van der Waals surface area contributed by atoms with Crippen molar-refractivity contribution in [2.24, 2.45) is 0 Å². The van der Waals surface area contributed by atoms with E-state index >= 15 is 0 Å². The second-order valence-electron chi connectivity index (χ2n) is 9.78. The zero-order valence-corrected chi connectivity index (χ0v) is 22.4. The van der Waals surface area contributed by atoms with E-state index in [-0.39, 0.29) is 11.8 Å². The van der Waals surface area contributed by atoms with E-state index < -0.39 is 0 Å². The van der Waals surface area contributed by atoms with Gasteiger partial charge in [-0.05, 0) is 64.5 Å². The molecule has 0 unspecified atom stereocenters. The summed E-state index contributed by atoms with van der Waals surface area (Å²) in [5.41, 5.74) is 3.64. The smallest absolute Gasteiger partial charge is 0.275 e. The van der Waals surface area contributed by atoms with E-state index in [0.717, 1.165) is 61.8 Å². The molecule has 2 saturated heterocycles. The summed E-state index contributed by atoms with van der Waals surface area (Å²) in [4.78, 5) is 34.7. The molecule has 1 N–H and O–H groups in total. The Morgan fingerprint density at radius 2 is 1.83 bits per heavy atom. The molecule has 0 bridgehead atoms. The molecule has 7 heteroatoms. The average Bonchev–Trinajstić information content (AvgIpc) is 3.42. The molecule has 192 valence electrons. The SMILES string of the molecule is C/C=C\C=C(/C)CCC(=O)N1CCC(c2nc(C(=O)Nc3ccccc3N3CCCCC3)cs2)CC1. The van der Waals surface area contributed by atoms with E-state index in [1.807, 2.05) is 47.6 Å². The molecule has 0 atom stereocenters. The van der Waals surface area contributed by atoms with Crippen LogP contribution in [0.5, 0.6) is 0 Å². The molecule has 0 radical (unpaired) electrons. The Morgan fingerprint density at radius 3 is 2.58 bits per heavy atom. The zero-order valence-electron chi connectivity index (χ0n) is 21.5. The molecule has 1 aromatic heterocycles. The van der Waals surface area contributed by atoms with Crippen molar-refractivity contribution in [2.45, 2.75) is 64.7 Å². The first-order valence-corrected chi connectivity index (χ1v) is 14.1. The lowest BCUT2D eigenvalue weighted by Gasteiger charge is -2.31. The Hall–Kier alpha value is -2.93.